The van der Waals surface area contributed by atoms with Gasteiger partial charge in [-0.3, -0.25) is 4.79 Å². The SMILES string of the molecule is O=C1CC/C=C/CC/C=C/CCC1. The highest BCUT2D eigenvalue weighted by Gasteiger charge is 1.99. The second-order valence-corrected chi connectivity index (χ2v) is 3.49. The summed E-state index contributed by atoms with van der Waals surface area (Å²) in [5, 5.41) is 0. The fourth-order valence-corrected chi connectivity index (χ4v) is 1.45. The zero-order chi connectivity index (χ0) is 9.36. The van der Waals surface area contributed by atoms with Crippen LogP contribution in [0.1, 0.15) is 44.9 Å². The van der Waals surface area contributed by atoms with Gasteiger partial charge in [0.1, 0.15) is 5.78 Å². The minimum atomic E-state index is 0.415. The zero-order valence-corrected chi connectivity index (χ0v) is 8.17. The first kappa shape index (κ1) is 10.2. The Morgan fingerprint density at radius 1 is 0.769 bits per heavy atom. The molecule has 0 N–H and O–H groups in total. The third-order valence-electron chi connectivity index (χ3n) is 2.25. The second-order valence-electron chi connectivity index (χ2n) is 3.49. The lowest BCUT2D eigenvalue weighted by molar-refractivity contribution is -0.119. The molecule has 0 amide bonds. The van der Waals surface area contributed by atoms with Gasteiger partial charge in [-0.15, -0.1) is 0 Å². The van der Waals surface area contributed by atoms with Crippen LogP contribution in [0.4, 0.5) is 0 Å². The highest BCUT2D eigenvalue weighted by atomic mass is 16.1. The molecule has 0 aromatic heterocycles. The molecule has 0 heterocycles. The van der Waals surface area contributed by atoms with Crippen LogP contribution in [0.3, 0.4) is 0 Å². The van der Waals surface area contributed by atoms with Crippen molar-refractivity contribution in [2.24, 2.45) is 0 Å². The van der Waals surface area contributed by atoms with E-state index in [1.54, 1.807) is 0 Å². The molecule has 0 aromatic rings. The summed E-state index contributed by atoms with van der Waals surface area (Å²) in [6.45, 7) is 0. The summed E-state index contributed by atoms with van der Waals surface area (Å²) in [6, 6.07) is 0. The van der Waals surface area contributed by atoms with E-state index in [1.165, 1.54) is 0 Å². The van der Waals surface area contributed by atoms with Crippen LogP contribution in [-0.4, -0.2) is 5.78 Å². The van der Waals surface area contributed by atoms with Crippen molar-refractivity contribution in [1.29, 1.82) is 0 Å². The third-order valence-corrected chi connectivity index (χ3v) is 2.25. The van der Waals surface area contributed by atoms with E-state index in [0.717, 1.165) is 44.9 Å². The Morgan fingerprint density at radius 2 is 1.38 bits per heavy atom. The van der Waals surface area contributed by atoms with E-state index >= 15 is 0 Å². The number of carbonyl (C=O) groups excluding carboxylic acids is 1. The highest BCUT2D eigenvalue weighted by Crippen LogP contribution is 2.06. The topological polar surface area (TPSA) is 17.1 Å². The van der Waals surface area contributed by atoms with Crippen molar-refractivity contribution in [2.75, 3.05) is 0 Å². The Bertz CT molecular complexity index is 201. The van der Waals surface area contributed by atoms with Crippen LogP contribution >= 0.6 is 0 Å². The number of hydrogen-bond acceptors (Lipinski definition) is 1. The van der Waals surface area contributed by atoms with Crippen molar-refractivity contribution in [3.8, 4) is 0 Å². The van der Waals surface area contributed by atoms with Gasteiger partial charge in [0.15, 0.2) is 0 Å². The Labute approximate surface area is 80.5 Å². The van der Waals surface area contributed by atoms with Crippen molar-refractivity contribution < 1.29 is 4.79 Å². The summed E-state index contributed by atoms with van der Waals surface area (Å²) in [5.41, 5.74) is 0. The van der Waals surface area contributed by atoms with Gasteiger partial charge in [0.05, 0.1) is 0 Å². The van der Waals surface area contributed by atoms with Gasteiger partial charge in [-0.1, -0.05) is 24.3 Å². The molecule has 0 fully saturated rings. The Hall–Kier alpha value is -0.850. The molecule has 72 valence electrons. The smallest absolute Gasteiger partial charge is 0.133 e. The lowest BCUT2D eigenvalue weighted by Crippen LogP contribution is -1.96. The minimum Gasteiger partial charge on any atom is -0.300 e. The van der Waals surface area contributed by atoms with E-state index in [9.17, 15) is 4.79 Å². The highest BCUT2D eigenvalue weighted by molar-refractivity contribution is 5.78. The standard InChI is InChI=1S/C12H18O/c13-12-10-8-6-4-2-1-3-5-7-9-11-12/h2,4-5,7H,1,3,6,8-11H2/b4-2+,7-5+. The van der Waals surface area contributed by atoms with Crippen LogP contribution in [0, 0.1) is 0 Å². The van der Waals surface area contributed by atoms with E-state index in [2.05, 4.69) is 24.3 Å². The summed E-state index contributed by atoms with van der Waals surface area (Å²) in [4.78, 5) is 11.2. The molecule has 0 saturated heterocycles. The van der Waals surface area contributed by atoms with E-state index in [4.69, 9.17) is 0 Å². The average molecular weight is 178 g/mol. The molecule has 1 aliphatic carbocycles. The number of carbonyl (C=O) groups is 1. The van der Waals surface area contributed by atoms with Gasteiger partial charge in [0.25, 0.3) is 0 Å². The molecule has 0 bridgehead atoms. The maximum Gasteiger partial charge on any atom is 0.133 e. The molecule has 1 nitrogen and oxygen atoms in total. The summed E-state index contributed by atoms with van der Waals surface area (Å²) in [7, 11) is 0. The first-order valence-corrected chi connectivity index (χ1v) is 5.21. The Kier molecular flexibility index (Phi) is 5.23. The molecule has 0 saturated carbocycles. The molecule has 0 radical (unpaired) electrons. The van der Waals surface area contributed by atoms with Gasteiger partial charge in [-0.05, 0) is 32.1 Å². The van der Waals surface area contributed by atoms with Crippen LogP contribution in [0.25, 0.3) is 0 Å². The normalized spacial score (nSPS) is 25.7. The van der Waals surface area contributed by atoms with Gasteiger partial charge in [-0.25, -0.2) is 0 Å². The molecular formula is C12H18O. The van der Waals surface area contributed by atoms with Crippen LogP contribution in [-0.2, 0) is 4.79 Å². The van der Waals surface area contributed by atoms with E-state index in [-0.39, 0.29) is 0 Å². The molecule has 1 heteroatoms. The molecule has 0 unspecified atom stereocenters. The fraction of sp³-hybridized carbons (Fsp3) is 0.583. The Morgan fingerprint density at radius 3 is 2.15 bits per heavy atom. The molecule has 0 atom stereocenters. The third kappa shape index (κ3) is 5.40. The summed E-state index contributed by atoms with van der Waals surface area (Å²) >= 11 is 0. The number of ketones is 1. The van der Waals surface area contributed by atoms with Gasteiger partial charge in [0.2, 0.25) is 0 Å². The van der Waals surface area contributed by atoms with E-state index < -0.39 is 0 Å². The first-order chi connectivity index (χ1) is 6.39. The summed E-state index contributed by atoms with van der Waals surface area (Å²) in [6.07, 6.45) is 15.5. The maximum atomic E-state index is 11.2. The van der Waals surface area contributed by atoms with Gasteiger partial charge >= 0.3 is 0 Å². The minimum absolute atomic E-state index is 0.415. The summed E-state index contributed by atoms with van der Waals surface area (Å²) < 4.78 is 0. The van der Waals surface area contributed by atoms with Crippen molar-refractivity contribution in [2.45, 2.75) is 44.9 Å². The lowest BCUT2D eigenvalue weighted by atomic mass is 10.1. The van der Waals surface area contributed by atoms with Crippen molar-refractivity contribution in [1.82, 2.24) is 0 Å². The van der Waals surface area contributed by atoms with Crippen LogP contribution in [0.15, 0.2) is 24.3 Å². The second kappa shape index (κ2) is 6.64. The molecule has 0 aromatic carbocycles. The first-order valence-electron chi connectivity index (χ1n) is 5.21. The Balaban J connectivity index is 2.33. The summed E-state index contributed by atoms with van der Waals surface area (Å²) in [5.74, 6) is 0.415. The number of rotatable bonds is 0. The van der Waals surface area contributed by atoms with Crippen molar-refractivity contribution in [3.05, 3.63) is 24.3 Å². The van der Waals surface area contributed by atoms with Crippen LogP contribution < -0.4 is 0 Å². The molecule has 1 aliphatic rings. The van der Waals surface area contributed by atoms with E-state index in [1.807, 2.05) is 0 Å². The number of Topliss-reactive ketones (excluding diaryl/α,β-unsaturated/α-hetero) is 1. The van der Waals surface area contributed by atoms with Gasteiger partial charge in [0, 0.05) is 12.8 Å². The predicted molar refractivity (Wildman–Crippen MR) is 55.6 cm³/mol. The largest absolute Gasteiger partial charge is 0.300 e. The number of hydrogen-bond donors (Lipinski definition) is 0. The van der Waals surface area contributed by atoms with E-state index in [0.29, 0.717) is 5.78 Å². The monoisotopic (exact) mass is 178 g/mol. The average Bonchev–Trinajstić information content (AvgIpc) is 2.11. The number of allylic oxidation sites excluding steroid dienone is 4. The molecule has 0 aliphatic heterocycles. The fourth-order valence-electron chi connectivity index (χ4n) is 1.45. The molecule has 13 heavy (non-hydrogen) atoms. The van der Waals surface area contributed by atoms with Crippen LogP contribution in [0.5, 0.6) is 0 Å². The van der Waals surface area contributed by atoms with Crippen molar-refractivity contribution in [3.63, 3.8) is 0 Å². The zero-order valence-electron chi connectivity index (χ0n) is 8.17. The molecule has 1 rings (SSSR count). The lowest BCUT2D eigenvalue weighted by Gasteiger charge is -1.98. The quantitative estimate of drug-likeness (QED) is 0.519. The maximum absolute atomic E-state index is 11.2. The molecular weight excluding hydrogens is 160 g/mol. The predicted octanol–water partition coefficient (Wildman–Crippen LogP) is 3.41. The van der Waals surface area contributed by atoms with Crippen LogP contribution in [0.2, 0.25) is 0 Å². The molecule has 0 spiro atoms. The van der Waals surface area contributed by atoms with Crippen molar-refractivity contribution >= 4 is 5.78 Å². The van der Waals surface area contributed by atoms with Gasteiger partial charge in [-0.2, -0.15) is 0 Å². The van der Waals surface area contributed by atoms with Gasteiger partial charge < -0.3 is 0 Å².